The number of hydrogen-bond donors (Lipinski definition) is 4. The molecule has 0 atom stereocenters. The average molecular weight is 390 g/mol. The Kier molecular flexibility index (Phi) is 5.38. The molecule has 0 amide bonds. The zero-order chi connectivity index (χ0) is 19.6. The molecule has 0 aliphatic heterocycles. The van der Waals surface area contributed by atoms with Crippen LogP contribution in [0.1, 0.15) is 26.3 Å². The fraction of sp³-hybridized carbons (Fsp3) is 0.389. The van der Waals surface area contributed by atoms with E-state index in [9.17, 15) is 5.11 Å². The van der Waals surface area contributed by atoms with Gasteiger partial charge in [0.1, 0.15) is 0 Å². The molecular weight excluding hydrogens is 366 g/mol. The Bertz CT molecular complexity index is 949. The summed E-state index contributed by atoms with van der Waals surface area (Å²) in [6.45, 7) is 6.96. The standard InChI is InChI=1S/C18H24ClN7O/c1-4-26-10-23-14-15(21-8-11-7-12(19)5-6-13(11)20)24-17(25-16(14)26)22-9-18(2,3)27/h5-7,10,27H,4,8-9,20H2,1-3H3,(H2,21,22,24,25). The molecule has 3 aromatic rings. The minimum absolute atomic E-state index is 0.319. The molecule has 2 aromatic heterocycles. The molecule has 27 heavy (non-hydrogen) atoms. The predicted molar refractivity (Wildman–Crippen MR) is 109 cm³/mol. The molecule has 8 nitrogen and oxygen atoms in total. The maximum atomic E-state index is 9.95. The lowest BCUT2D eigenvalue weighted by atomic mass is 10.1. The third-order valence-corrected chi connectivity index (χ3v) is 4.27. The molecule has 0 radical (unpaired) electrons. The normalized spacial score (nSPS) is 11.7. The maximum absolute atomic E-state index is 9.95. The van der Waals surface area contributed by atoms with Crippen LogP contribution in [-0.4, -0.2) is 36.8 Å². The van der Waals surface area contributed by atoms with Gasteiger partial charge in [0.15, 0.2) is 17.0 Å². The fourth-order valence-electron chi connectivity index (χ4n) is 2.58. The molecule has 0 bridgehead atoms. The number of nitrogens with two attached hydrogens (primary N) is 1. The maximum Gasteiger partial charge on any atom is 0.226 e. The summed E-state index contributed by atoms with van der Waals surface area (Å²) in [5.74, 6) is 1.01. The van der Waals surface area contributed by atoms with E-state index in [4.69, 9.17) is 17.3 Å². The highest BCUT2D eigenvalue weighted by Crippen LogP contribution is 2.24. The molecule has 5 N–H and O–H groups in total. The van der Waals surface area contributed by atoms with E-state index in [0.29, 0.717) is 46.7 Å². The van der Waals surface area contributed by atoms with Crippen LogP contribution < -0.4 is 16.4 Å². The van der Waals surface area contributed by atoms with Crippen LogP contribution in [0.5, 0.6) is 0 Å². The molecule has 0 spiro atoms. The topological polar surface area (TPSA) is 114 Å². The van der Waals surface area contributed by atoms with Crippen molar-refractivity contribution in [1.29, 1.82) is 0 Å². The summed E-state index contributed by atoms with van der Waals surface area (Å²) in [5.41, 5.74) is 8.05. The third kappa shape index (κ3) is 4.58. The largest absolute Gasteiger partial charge is 0.398 e. The van der Waals surface area contributed by atoms with Gasteiger partial charge in [0.25, 0.3) is 0 Å². The molecule has 0 aliphatic carbocycles. The highest BCUT2D eigenvalue weighted by Gasteiger charge is 2.16. The zero-order valence-electron chi connectivity index (χ0n) is 15.6. The van der Waals surface area contributed by atoms with Gasteiger partial charge in [-0.05, 0) is 44.5 Å². The van der Waals surface area contributed by atoms with Gasteiger partial charge in [-0.15, -0.1) is 0 Å². The van der Waals surface area contributed by atoms with Crippen molar-refractivity contribution in [1.82, 2.24) is 19.5 Å². The van der Waals surface area contributed by atoms with Crippen LogP contribution in [0, 0.1) is 0 Å². The lowest BCUT2D eigenvalue weighted by Gasteiger charge is -2.18. The summed E-state index contributed by atoms with van der Waals surface area (Å²) in [6.07, 6.45) is 1.73. The minimum atomic E-state index is -0.883. The molecule has 2 heterocycles. The number of nitrogens with one attached hydrogen (secondary N) is 2. The summed E-state index contributed by atoms with van der Waals surface area (Å²) in [5, 5.41) is 16.9. The first-order valence-electron chi connectivity index (χ1n) is 8.73. The molecule has 0 saturated heterocycles. The van der Waals surface area contributed by atoms with E-state index in [-0.39, 0.29) is 0 Å². The SMILES string of the molecule is CCn1cnc2c(NCc3cc(Cl)ccc3N)nc(NCC(C)(C)O)nc21. The van der Waals surface area contributed by atoms with Gasteiger partial charge >= 0.3 is 0 Å². The second kappa shape index (κ2) is 7.58. The molecule has 144 valence electrons. The molecule has 3 rings (SSSR count). The highest BCUT2D eigenvalue weighted by molar-refractivity contribution is 6.30. The summed E-state index contributed by atoms with van der Waals surface area (Å²) in [6, 6.07) is 5.35. The number of imidazole rings is 1. The lowest BCUT2D eigenvalue weighted by Crippen LogP contribution is -2.30. The number of nitrogen functional groups attached to an aromatic ring is 1. The Morgan fingerprint density at radius 2 is 2.04 bits per heavy atom. The lowest BCUT2D eigenvalue weighted by molar-refractivity contribution is 0.0943. The number of rotatable bonds is 7. The molecule has 0 saturated carbocycles. The van der Waals surface area contributed by atoms with Crippen molar-refractivity contribution in [2.24, 2.45) is 0 Å². The second-order valence-electron chi connectivity index (χ2n) is 6.96. The van der Waals surface area contributed by atoms with E-state index >= 15 is 0 Å². The van der Waals surface area contributed by atoms with Gasteiger partial charge in [-0.2, -0.15) is 9.97 Å². The van der Waals surface area contributed by atoms with Crippen LogP contribution in [0.4, 0.5) is 17.5 Å². The summed E-state index contributed by atoms with van der Waals surface area (Å²) in [4.78, 5) is 13.5. The Morgan fingerprint density at radius 1 is 1.26 bits per heavy atom. The summed E-state index contributed by atoms with van der Waals surface area (Å²) >= 11 is 6.07. The Labute approximate surface area is 162 Å². The average Bonchev–Trinajstić information content (AvgIpc) is 3.03. The first-order chi connectivity index (χ1) is 12.8. The number of aromatic nitrogens is 4. The van der Waals surface area contributed by atoms with Crippen molar-refractivity contribution in [2.75, 3.05) is 22.9 Å². The van der Waals surface area contributed by atoms with Gasteiger partial charge in [-0.1, -0.05) is 11.6 Å². The van der Waals surface area contributed by atoms with Gasteiger partial charge in [0.05, 0.1) is 11.9 Å². The van der Waals surface area contributed by atoms with Crippen molar-refractivity contribution >= 4 is 40.2 Å². The molecule has 0 aliphatic rings. The molecule has 1 aromatic carbocycles. The smallest absolute Gasteiger partial charge is 0.226 e. The van der Waals surface area contributed by atoms with Crippen LogP contribution in [0.25, 0.3) is 11.2 Å². The molecule has 0 unspecified atom stereocenters. The van der Waals surface area contributed by atoms with E-state index in [1.54, 1.807) is 32.3 Å². The highest BCUT2D eigenvalue weighted by atomic mass is 35.5. The van der Waals surface area contributed by atoms with E-state index in [0.717, 1.165) is 12.1 Å². The second-order valence-corrected chi connectivity index (χ2v) is 7.40. The van der Waals surface area contributed by atoms with Crippen molar-refractivity contribution in [3.05, 3.63) is 35.1 Å². The third-order valence-electron chi connectivity index (χ3n) is 4.03. The van der Waals surface area contributed by atoms with Crippen molar-refractivity contribution in [2.45, 2.75) is 39.5 Å². The number of anilines is 3. The van der Waals surface area contributed by atoms with Crippen LogP contribution in [0.3, 0.4) is 0 Å². The van der Waals surface area contributed by atoms with Gasteiger partial charge in [-0.25, -0.2) is 4.98 Å². The quantitative estimate of drug-likeness (QED) is 0.459. The number of halogens is 1. The van der Waals surface area contributed by atoms with Gasteiger partial charge in [0, 0.05) is 30.3 Å². The number of fused-ring (bicyclic) bond motifs is 1. The van der Waals surface area contributed by atoms with Crippen molar-refractivity contribution < 1.29 is 5.11 Å². The predicted octanol–water partition coefficient (Wildman–Crippen LogP) is 2.88. The van der Waals surface area contributed by atoms with E-state index in [1.807, 2.05) is 17.6 Å². The first-order valence-corrected chi connectivity index (χ1v) is 9.11. The number of aryl methyl sites for hydroxylation is 1. The molecule has 9 heteroatoms. The van der Waals surface area contributed by atoms with E-state index in [1.165, 1.54) is 0 Å². The fourth-order valence-corrected chi connectivity index (χ4v) is 2.77. The van der Waals surface area contributed by atoms with Crippen molar-refractivity contribution in [3.63, 3.8) is 0 Å². The van der Waals surface area contributed by atoms with Crippen LogP contribution in [-0.2, 0) is 13.1 Å². The Morgan fingerprint density at radius 3 is 2.74 bits per heavy atom. The zero-order valence-corrected chi connectivity index (χ0v) is 16.4. The van der Waals surface area contributed by atoms with Crippen molar-refractivity contribution in [3.8, 4) is 0 Å². The number of nitrogens with zero attached hydrogens (tertiary/aromatic N) is 4. The number of benzene rings is 1. The van der Waals surface area contributed by atoms with Gasteiger partial charge in [0.2, 0.25) is 5.95 Å². The summed E-state index contributed by atoms with van der Waals surface area (Å²) in [7, 11) is 0. The summed E-state index contributed by atoms with van der Waals surface area (Å²) < 4.78 is 1.94. The van der Waals surface area contributed by atoms with E-state index < -0.39 is 5.60 Å². The number of aliphatic hydroxyl groups is 1. The van der Waals surface area contributed by atoms with Gasteiger partial charge < -0.3 is 26.0 Å². The Balaban J connectivity index is 1.92. The van der Waals surface area contributed by atoms with Gasteiger partial charge in [-0.3, -0.25) is 0 Å². The van der Waals surface area contributed by atoms with Crippen LogP contribution >= 0.6 is 11.6 Å². The monoisotopic (exact) mass is 389 g/mol. The number of hydrogen-bond acceptors (Lipinski definition) is 7. The minimum Gasteiger partial charge on any atom is -0.398 e. The molecular formula is C18H24ClN7O. The van der Waals surface area contributed by atoms with E-state index in [2.05, 4.69) is 25.6 Å². The van der Waals surface area contributed by atoms with Crippen LogP contribution in [0.15, 0.2) is 24.5 Å². The van der Waals surface area contributed by atoms with Crippen LogP contribution in [0.2, 0.25) is 5.02 Å². The Hall–Kier alpha value is -2.58. The first kappa shape index (κ1) is 19.2. The molecule has 0 fully saturated rings.